The smallest absolute Gasteiger partial charge is 0.264 e. The summed E-state index contributed by atoms with van der Waals surface area (Å²) < 4.78 is 28.1. The lowest BCUT2D eigenvalue weighted by Gasteiger charge is -2.20. The molecule has 1 heterocycles. The predicted octanol–water partition coefficient (Wildman–Crippen LogP) is 5.18. The van der Waals surface area contributed by atoms with Crippen molar-refractivity contribution in [1.82, 2.24) is 0 Å². The number of rotatable bonds is 5. The fraction of sp³-hybridized carbons (Fsp3) is 0.182. The zero-order chi connectivity index (χ0) is 18.9. The Morgan fingerprint density at radius 3 is 2.33 bits per heavy atom. The molecule has 138 valence electrons. The second-order valence-electron chi connectivity index (χ2n) is 6.69. The van der Waals surface area contributed by atoms with Crippen LogP contribution < -0.4 is 4.31 Å². The Labute approximate surface area is 165 Å². The standard InChI is InChI=1S/C22H21NO2S2/c1-17-11-13-19(14-12-17)27(24,25)23-15-22(20-9-5-6-10-21(20)23)26-16-18-7-3-2-4-8-18/h2-14,22H,15-16H2,1H3. The Morgan fingerprint density at radius 1 is 0.926 bits per heavy atom. The van der Waals surface area contributed by atoms with Gasteiger partial charge >= 0.3 is 0 Å². The molecule has 3 nitrogen and oxygen atoms in total. The number of thioether (sulfide) groups is 1. The van der Waals surface area contributed by atoms with E-state index in [1.807, 2.05) is 61.5 Å². The summed E-state index contributed by atoms with van der Waals surface area (Å²) in [4.78, 5) is 0.344. The molecule has 5 heteroatoms. The molecule has 27 heavy (non-hydrogen) atoms. The second kappa shape index (κ2) is 7.41. The molecular weight excluding hydrogens is 374 g/mol. The molecule has 1 aliphatic heterocycles. The van der Waals surface area contributed by atoms with Crippen molar-refractivity contribution in [2.75, 3.05) is 10.8 Å². The van der Waals surface area contributed by atoms with Crippen LogP contribution in [0, 0.1) is 6.92 Å². The Kier molecular flexibility index (Phi) is 4.98. The number of sulfonamides is 1. The Bertz CT molecular complexity index is 1030. The van der Waals surface area contributed by atoms with Gasteiger partial charge in [-0.2, -0.15) is 0 Å². The summed E-state index contributed by atoms with van der Waals surface area (Å²) in [5, 5.41) is 0.127. The van der Waals surface area contributed by atoms with E-state index in [4.69, 9.17) is 0 Å². The molecule has 0 aliphatic carbocycles. The molecule has 0 radical (unpaired) electrons. The highest BCUT2D eigenvalue weighted by Crippen LogP contribution is 2.45. The highest BCUT2D eigenvalue weighted by atomic mass is 32.2. The van der Waals surface area contributed by atoms with Crippen molar-refractivity contribution in [3.05, 3.63) is 95.6 Å². The summed E-state index contributed by atoms with van der Waals surface area (Å²) in [6, 6.07) is 25.2. The van der Waals surface area contributed by atoms with Gasteiger partial charge in [-0.3, -0.25) is 4.31 Å². The summed E-state index contributed by atoms with van der Waals surface area (Å²) in [6.07, 6.45) is 0. The van der Waals surface area contributed by atoms with E-state index in [0.717, 1.165) is 22.6 Å². The van der Waals surface area contributed by atoms with E-state index in [-0.39, 0.29) is 5.25 Å². The molecule has 3 aromatic carbocycles. The van der Waals surface area contributed by atoms with Crippen LogP contribution in [0.5, 0.6) is 0 Å². The average molecular weight is 396 g/mol. The van der Waals surface area contributed by atoms with Gasteiger partial charge < -0.3 is 0 Å². The number of benzene rings is 3. The molecule has 0 amide bonds. The fourth-order valence-electron chi connectivity index (χ4n) is 3.31. The maximum atomic E-state index is 13.2. The molecule has 0 N–H and O–H groups in total. The first kappa shape index (κ1) is 18.1. The van der Waals surface area contributed by atoms with Gasteiger partial charge in [-0.1, -0.05) is 66.2 Å². The third-order valence-electron chi connectivity index (χ3n) is 4.79. The lowest BCUT2D eigenvalue weighted by atomic mass is 10.2. The molecule has 1 aliphatic rings. The number of fused-ring (bicyclic) bond motifs is 1. The monoisotopic (exact) mass is 395 g/mol. The maximum Gasteiger partial charge on any atom is 0.264 e. The predicted molar refractivity (Wildman–Crippen MR) is 113 cm³/mol. The van der Waals surface area contributed by atoms with Crippen LogP contribution >= 0.6 is 11.8 Å². The maximum absolute atomic E-state index is 13.2. The molecule has 0 saturated heterocycles. The van der Waals surface area contributed by atoms with Crippen LogP contribution in [0.25, 0.3) is 0 Å². The fourth-order valence-corrected chi connectivity index (χ4v) is 6.13. The SMILES string of the molecule is Cc1ccc(S(=O)(=O)N2CC(SCc3ccccc3)c3ccccc32)cc1. The number of hydrogen-bond acceptors (Lipinski definition) is 3. The van der Waals surface area contributed by atoms with E-state index >= 15 is 0 Å². The summed E-state index contributed by atoms with van der Waals surface area (Å²) in [5.74, 6) is 0.859. The number of anilines is 1. The molecular formula is C22H21NO2S2. The van der Waals surface area contributed by atoms with Gasteiger partial charge in [0.2, 0.25) is 0 Å². The first-order valence-electron chi connectivity index (χ1n) is 8.89. The normalized spacial score (nSPS) is 16.3. The molecule has 1 atom stereocenters. The summed E-state index contributed by atoms with van der Waals surface area (Å²) in [5.41, 5.74) is 4.18. The number of aryl methyl sites for hydroxylation is 1. The van der Waals surface area contributed by atoms with Crippen LogP contribution in [0.15, 0.2) is 83.8 Å². The van der Waals surface area contributed by atoms with Crippen LogP contribution in [-0.4, -0.2) is 15.0 Å². The average Bonchev–Trinajstić information content (AvgIpc) is 3.07. The van der Waals surface area contributed by atoms with Crippen molar-refractivity contribution in [1.29, 1.82) is 0 Å². The van der Waals surface area contributed by atoms with E-state index in [2.05, 4.69) is 12.1 Å². The first-order valence-corrected chi connectivity index (χ1v) is 11.4. The van der Waals surface area contributed by atoms with Gasteiger partial charge in [0.05, 0.1) is 22.4 Å². The number of nitrogens with zero attached hydrogens (tertiary/aromatic N) is 1. The number of para-hydroxylation sites is 1. The van der Waals surface area contributed by atoms with Crippen LogP contribution in [-0.2, 0) is 15.8 Å². The van der Waals surface area contributed by atoms with Crippen molar-refractivity contribution < 1.29 is 8.42 Å². The summed E-state index contributed by atoms with van der Waals surface area (Å²) >= 11 is 1.79. The number of hydrogen-bond donors (Lipinski definition) is 0. The van der Waals surface area contributed by atoms with E-state index < -0.39 is 10.0 Å². The van der Waals surface area contributed by atoms with E-state index in [1.54, 1.807) is 28.2 Å². The van der Waals surface area contributed by atoms with Crippen molar-refractivity contribution >= 4 is 27.5 Å². The highest BCUT2D eigenvalue weighted by molar-refractivity contribution is 7.99. The van der Waals surface area contributed by atoms with Crippen LogP contribution in [0.1, 0.15) is 21.9 Å². The largest absolute Gasteiger partial charge is 0.265 e. The second-order valence-corrected chi connectivity index (χ2v) is 9.75. The molecule has 0 bridgehead atoms. The molecule has 3 aromatic rings. The quantitative estimate of drug-likeness (QED) is 0.597. The summed E-state index contributed by atoms with van der Waals surface area (Å²) in [7, 11) is -3.56. The minimum absolute atomic E-state index is 0.127. The third-order valence-corrected chi connectivity index (χ3v) is 7.89. The third kappa shape index (κ3) is 3.62. The first-order chi connectivity index (χ1) is 13.1. The van der Waals surface area contributed by atoms with E-state index in [0.29, 0.717) is 11.4 Å². The van der Waals surface area contributed by atoms with Crippen molar-refractivity contribution in [2.45, 2.75) is 22.8 Å². The molecule has 0 spiro atoms. The van der Waals surface area contributed by atoms with Gasteiger partial charge in [0, 0.05) is 5.75 Å². The summed E-state index contributed by atoms with van der Waals surface area (Å²) in [6.45, 7) is 2.42. The van der Waals surface area contributed by atoms with Crippen molar-refractivity contribution in [3.63, 3.8) is 0 Å². The molecule has 0 saturated carbocycles. The van der Waals surface area contributed by atoms with Gasteiger partial charge in [-0.05, 0) is 36.2 Å². The lowest BCUT2D eigenvalue weighted by molar-refractivity contribution is 0.592. The zero-order valence-electron chi connectivity index (χ0n) is 15.1. The van der Waals surface area contributed by atoms with Gasteiger partial charge in [-0.15, -0.1) is 11.8 Å². The van der Waals surface area contributed by atoms with Crippen molar-refractivity contribution in [3.8, 4) is 0 Å². The highest BCUT2D eigenvalue weighted by Gasteiger charge is 2.36. The van der Waals surface area contributed by atoms with Gasteiger partial charge in [0.15, 0.2) is 0 Å². The van der Waals surface area contributed by atoms with Crippen LogP contribution in [0.3, 0.4) is 0 Å². The van der Waals surface area contributed by atoms with Crippen molar-refractivity contribution in [2.24, 2.45) is 0 Å². The lowest BCUT2D eigenvalue weighted by Crippen LogP contribution is -2.29. The minimum Gasteiger partial charge on any atom is -0.265 e. The Balaban J connectivity index is 1.62. The Morgan fingerprint density at radius 2 is 1.59 bits per heavy atom. The van der Waals surface area contributed by atoms with Crippen LogP contribution in [0.4, 0.5) is 5.69 Å². The molecule has 1 unspecified atom stereocenters. The zero-order valence-corrected chi connectivity index (χ0v) is 16.7. The van der Waals surface area contributed by atoms with Crippen LogP contribution in [0.2, 0.25) is 0 Å². The minimum atomic E-state index is -3.56. The van der Waals surface area contributed by atoms with E-state index in [9.17, 15) is 8.42 Å². The topological polar surface area (TPSA) is 37.4 Å². The molecule has 0 fully saturated rings. The molecule has 0 aromatic heterocycles. The van der Waals surface area contributed by atoms with Gasteiger partial charge in [0.25, 0.3) is 10.0 Å². The van der Waals surface area contributed by atoms with Gasteiger partial charge in [0.1, 0.15) is 0 Å². The van der Waals surface area contributed by atoms with E-state index in [1.165, 1.54) is 5.56 Å². The molecule has 4 rings (SSSR count). The van der Waals surface area contributed by atoms with Gasteiger partial charge in [-0.25, -0.2) is 8.42 Å². The Hall–Kier alpha value is -2.24.